The monoisotopic (exact) mass is 501 g/mol. The molecule has 0 bridgehead atoms. The van der Waals surface area contributed by atoms with Crippen LogP contribution < -0.4 is 16.2 Å². The lowest BCUT2D eigenvalue weighted by Gasteiger charge is -2.23. The second kappa shape index (κ2) is 11.2. The Kier molecular flexibility index (Phi) is 7.77. The summed E-state index contributed by atoms with van der Waals surface area (Å²) in [4.78, 5) is 37.7. The molecule has 1 unspecified atom stereocenters. The fraction of sp³-hybridized carbons (Fsp3) is 0.276. The highest BCUT2D eigenvalue weighted by atomic mass is 16.6. The molecular weight excluding hydrogens is 470 g/mol. The number of benzene rings is 3. The Balaban J connectivity index is 1.35. The van der Waals surface area contributed by atoms with Crippen molar-refractivity contribution in [2.45, 2.75) is 44.8 Å². The summed E-state index contributed by atoms with van der Waals surface area (Å²) in [6.07, 6.45) is -1.33. The average Bonchev–Trinajstić information content (AvgIpc) is 3.19. The van der Waals surface area contributed by atoms with Crippen molar-refractivity contribution in [2.75, 3.05) is 6.61 Å². The van der Waals surface area contributed by atoms with E-state index in [0.717, 1.165) is 27.8 Å². The van der Waals surface area contributed by atoms with Crippen molar-refractivity contribution < 1.29 is 23.9 Å². The molecule has 0 spiro atoms. The smallest absolute Gasteiger partial charge is 0.426 e. The van der Waals surface area contributed by atoms with E-state index >= 15 is 0 Å². The van der Waals surface area contributed by atoms with Crippen LogP contribution in [0.1, 0.15) is 43.4 Å². The van der Waals surface area contributed by atoms with Gasteiger partial charge in [0.2, 0.25) is 0 Å². The molecule has 0 fully saturated rings. The van der Waals surface area contributed by atoms with Crippen LogP contribution in [0.15, 0.2) is 78.9 Å². The zero-order valence-corrected chi connectivity index (χ0v) is 21.1. The zero-order chi connectivity index (χ0) is 26.4. The second-order valence-electron chi connectivity index (χ2n) is 9.83. The summed E-state index contributed by atoms with van der Waals surface area (Å²) in [7, 11) is 0. The maximum Gasteiger partial charge on any atom is 0.426 e. The lowest BCUT2D eigenvalue weighted by atomic mass is 9.98. The molecule has 3 aromatic rings. The Hall–Kier alpha value is -4.33. The van der Waals surface area contributed by atoms with Gasteiger partial charge in [0, 0.05) is 12.3 Å². The van der Waals surface area contributed by atoms with Crippen molar-refractivity contribution in [3.8, 4) is 11.1 Å². The van der Waals surface area contributed by atoms with Crippen LogP contribution in [0.25, 0.3) is 11.1 Å². The van der Waals surface area contributed by atoms with Crippen LogP contribution in [-0.4, -0.2) is 36.3 Å². The number of amides is 3. The number of alkyl carbamates (subject to hydrolysis) is 1. The van der Waals surface area contributed by atoms with Crippen LogP contribution in [-0.2, 0) is 20.7 Å². The average molecular weight is 502 g/mol. The normalized spacial score (nSPS) is 13.1. The van der Waals surface area contributed by atoms with Gasteiger partial charge in [-0.15, -0.1) is 0 Å². The molecule has 192 valence electrons. The number of hydrazine groups is 1. The van der Waals surface area contributed by atoms with Crippen LogP contribution >= 0.6 is 0 Å². The quantitative estimate of drug-likeness (QED) is 0.425. The number of rotatable bonds is 6. The largest absolute Gasteiger partial charge is 0.447 e. The van der Waals surface area contributed by atoms with Crippen molar-refractivity contribution >= 4 is 18.1 Å². The molecule has 3 aromatic carbocycles. The third kappa shape index (κ3) is 6.67. The first-order chi connectivity index (χ1) is 17.7. The predicted molar refractivity (Wildman–Crippen MR) is 140 cm³/mol. The van der Waals surface area contributed by atoms with Gasteiger partial charge in [0.25, 0.3) is 5.91 Å². The van der Waals surface area contributed by atoms with E-state index in [0.29, 0.717) is 0 Å². The Labute approximate surface area is 216 Å². The first-order valence-electron chi connectivity index (χ1n) is 12.2. The van der Waals surface area contributed by atoms with Gasteiger partial charge in [-0.3, -0.25) is 10.2 Å². The van der Waals surface area contributed by atoms with Crippen LogP contribution in [0.3, 0.4) is 0 Å². The van der Waals surface area contributed by atoms with E-state index in [4.69, 9.17) is 9.47 Å². The Morgan fingerprint density at radius 3 is 1.95 bits per heavy atom. The molecule has 0 saturated carbocycles. The number of fused-ring (bicyclic) bond motifs is 3. The molecule has 0 heterocycles. The highest BCUT2D eigenvalue weighted by molar-refractivity contribution is 5.87. The van der Waals surface area contributed by atoms with E-state index in [1.165, 1.54) is 0 Å². The molecule has 3 N–H and O–H groups in total. The summed E-state index contributed by atoms with van der Waals surface area (Å²) in [5.74, 6) is -0.711. The van der Waals surface area contributed by atoms with E-state index in [-0.39, 0.29) is 18.9 Å². The first kappa shape index (κ1) is 25.8. The number of carbonyl (C=O) groups excluding carboxylic acids is 3. The number of hydrogen-bond donors (Lipinski definition) is 3. The van der Waals surface area contributed by atoms with Crippen molar-refractivity contribution in [1.29, 1.82) is 0 Å². The molecule has 8 heteroatoms. The van der Waals surface area contributed by atoms with E-state index in [9.17, 15) is 14.4 Å². The van der Waals surface area contributed by atoms with E-state index in [2.05, 4.69) is 28.3 Å². The predicted octanol–water partition coefficient (Wildman–Crippen LogP) is 4.69. The van der Waals surface area contributed by atoms with Gasteiger partial charge in [-0.05, 0) is 48.6 Å². The maximum atomic E-state index is 12.9. The lowest BCUT2D eigenvalue weighted by Crippen LogP contribution is -2.54. The van der Waals surface area contributed by atoms with Crippen molar-refractivity contribution in [3.63, 3.8) is 0 Å². The molecule has 4 rings (SSSR count). The molecule has 37 heavy (non-hydrogen) atoms. The number of carbonyl (C=O) groups is 3. The zero-order valence-electron chi connectivity index (χ0n) is 21.1. The molecule has 1 atom stereocenters. The van der Waals surface area contributed by atoms with Gasteiger partial charge in [0.1, 0.15) is 18.2 Å². The summed E-state index contributed by atoms with van der Waals surface area (Å²) in [5.41, 5.74) is 9.17. The number of hydrogen-bond acceptors (Lipinski definition) is 5. The molecule has 1 aliphatic carbocycles. The Morgan fingerprint density at radius 2 is 1.35 bits per heavy atom. The van der Waals surface area contributed by atoms with Crippen molar-refractivity contribution in [3.05, 3.63) is 95.6 Å². The highest BCUT2D eigenvalue weighted by Gasteiger charge is 2.29. The van der Waals surface area contributed by atoms with E-state index in [1.807, 2.05) is 66.7 Å². The van der Waals surface area contributed by atoms with Gasteiger partial charge in [0.05, 0.1) is 0 Å². The molecule has 1 aliphatic rings. The van der Waals surface area contributed by atoms with Gasteiger partial charge in [-0.25, -0.2) is 15.0 Å². The van der Waals surface area contributed by atoms with Gasteiger partial charge in [-0.2, -0.15) is 0 Å². The highest BCUT2D eigenvalue weighted by Crippen LogP contribution is 2.44. The molecule has 0 saturated heterocycles. The molecule has 0 aliphatic heterocycles. The van der Waals surface area contributed by atoms with Crippen molar-refractivity contribution in [2.24, 2.45) is 0 Å². The topological polar surface area (TPSA) is 106 Å². The minimum atomic E-state index is -0.980. The van der Waals surface area contributed by atoms with E-state index in [1.54, 1.807) is 20.8 Å². The molecular formula is C29H31N3O5. The standard InChI is InChI=1S/C29H31N3O5/c1-29(2,3)37-27(34)30-25(17-19-11-5-4-6-12-19)26(33)31-32-28(35)36-18-24-22-15-9-7-13-20(22)21-14-8-10-16-23(21)24/h4-16,24-25H,17-18H2,1-3H3,(H,30,34)(H,31,33)(H,32,35). The molecule has 8 nitrogen and oxygen atoms in total. The second-order valence-corrected chi connectivity index (χ2v) is 9.83. The minimum Gasteiger partial charge on any atom is -0.447 e. The summed E-state index contributed by atoms with van der Waals surface area (Å²) in [6.45, 7) is 5.31. The summed E-state index contributed by atoms with van der Waals surface area (Å²) in [5, 5.41) is 2.58. The fourth-order valence-corrected chi connectivity index (χ4v) is 4.34. The van der Waals surface area contributed by atoms with Gasteiger partial charge < -0.3 is 14.8 Å². The van der Waals surface area contributed by atoms with Gasteiger partial charge >= 0.3 is 12.2 Å². The van der Waals surface area contributed by atoms with Crippen LogP contribution in [0.2, 0.25) is 0 Å². The SMILES string of the molecule is CC(C)(C)OC(=O)NC(Cc1ccccc1)C(=O)NNC(=O)OCC1c2ccccc2-c2ccccc21. The van der Waals surface area contributed by atoms with Gasteiger partial charge in [-0.1, -0.05) is 78.9 Å². The number of nitrogens with one attached hydrogen (secondary N) is 3. The Morgan fingerprint density at radius 1 is 0.784 bits per heavy atom. The van der Waals surface area contributed by atoms with Crippen molar-refractivity contribution in [1.82, 2.24) is 16.2 Å². The molecule has 0 aromatic heterocycles. The third-order valence-corrected chi connectivity index (χ3v) is 5.92. The molecule has 0 radical (unpaired) electrons. The van der Waals surface area contributed by atoms with Crippen LogP contribution in [0.5, 0.6) is 0 Å². The summed E-state index contributed by atoms with van der Waals surface area (Å²) >= 11 is 0. The first-order valence-corrected chi connectivity index (χ1v) is 12.2. The minimum absolute atomic E-state index is 0.103. The lowest BCUT2D eigenvalue weighted by molar-refractivity contribution is -0.124. The summed E-state index contributed by atoms with van der Waals surface area (Å²) in [6, 6.07) is 24.3. The van der Waals surface area contributed by atoms with Crippen LogP contribution in [0, 0.1) is 0 Å². The number of ether oxygens (including phenoxy) is 2. The summed E-state index contributed by atoms with van der Waals surface area (Å²) < 4.78 is 10.8. The molecule has 3 amide bonds. The van der Waals surface area contributed by atoms with Crippen LogP contribution in [0.4, 0.5) is 9.59 Å². The fourth-order valence-electron chi connectivity index (χ4n) is 4.34. The maximum absolute atomic E-state index is 12.9. The van der Waals surface area contributed by atoms with Gasteiger partial charge in [0.15, 0.2) is 0 Å². The third-order valence-electron chi connectivity index (χ3n) is 5.92. The Bertz CT molecular complexity index is 1220. The van der Waals surface area contributed by atoms with E-state index < -0.39 is 29.7 Å².